The first kappa shape index (κ1) is 21.2. The number of halogens is 1. The van der Waals surface area contributed by atoms with Gasteiger partial charge in [0.25, 0.3) is 0 Å². The summed E-state index contributed by atoms with van der Waals surface area (Å²) in [5.74, 6) is 0.992. The maximum Gasteiger partial charge on any atom is 0.229 e. The van der Waals surface area contributed by atoms with E-state index in [1.807, 2.05) is 24.9 Å². The van der Waals surface area contributed by atoms with Crippen LogP contribution in [0.5, 0.6) is 0 Å². The third kappa shape index (κ3) is 3.72. The highest BCUT2D eigenvalue weighted by Gasteiger charge is 2.36. The van der Waals surface area contributed by atoms with Gasteiger partial charge in [0.05, 0.1) is 5.56 Å². The number of pyridine rings is 2. The van der Waals surface area contributed by atoms with E-state index in [1.54, 1.807) is 30.6 Å². The standard InChI is InChI=1S/C26H26FN5O2/c1-15-19-12-29-23(31-24(33)16-4-5-16)11-18(19)20(13-28-15)25-30-21-10-17(6-7-22(21)34-25)26(27)8-3-9-32(2)14-26/h6-7,10-13,16H,3-5,8-9,14H2,1-2H3,(H,29,31,33)/t26-/m1/s1. The number of piperidine rings is 1. The van der Waals surface area contributed by atoms with Gasteiger partial charge in [0.1, 0.15) is 17.0 Å². The lowest BCUT2D eigenvalue weighted by atomic mass is 9.87. The molecule has 0 bridgehead atoms. The second kappa shape index (κ2) is 7.84. The Bertz CT molecular complexity index is 1430. The van der Waals surface area contributed by atoms with Crippen LogP contribution >= 0.6 is 0 Å². The molecule has 1 aromatic carbocycles. The Balaban J connectivity index is 1.40. The van der Waals surface area contributed by atoms with E-state index < -0.39 is 5.67 Å². The lowest BCUT2D eigenvalue weighted by Gasteiger charge is -2.35. The monoisotopic (exact) mass is 459 g/mol. The van der Waals surface area contributed by atoms with Crippen molar-refractivity contribution in [2.24, 2.45) is 5.92 Å². The van der Waals surface area contributed by atoms with Crippen LogP contribution in [-0.4, -0.2) is 45.9 Å². The van der Waals surface area contributed by atoms with Crippen LogP contribution < -0.4 is 5.32 Å². The number of nitrogens with zero attached hydrogens (tertiary/aromatic N) is 4. The van der Waals surface area contributed by atoms with Gasteiger partial charge in [-0.15, -0.1) is 0 Å². The molecular formula is C26H26FN5O2. The van der Waals surface area contributed by atoms with Gasteiger partial charge >= 0.3 is 0 Å². The predicted molar refractivity (Wildman–Crippen MR) is 128 cm³/mol. The van der Waals surface area contributed by atoms with Crippen molar-refractivity contribution in [1.82, 2.24) is 19.9 Å². The summed E-state index contributed by atoms with van der Waals surface area (Å²) in [6, 6.07) is 7.24. The molecular weight excluding hydrogens is 433 g/mol. The summed E-state index contributed by atoms with van der Waals surface area (Å²) >= 11 is 0. The van der Waals surface area contributed by atoms with Crippen LogP contribution in [0.4, 0.5) is 10.2 Å². The summed E-state index contributed by atoms with van der Waals surface area (Å²) in [4.78, 5) is 27.9. The van der Waals surface area contributed by atoms with Gasteiger partial charge in [-0.05, 0) is 70.0 Å². The van der Waals surface area contributed by atoms with Crippen LogP contribution in [0.2, 0.25) is 0 Å². The van der Waals surface area contributed by atoms with E-state index in [0.29, 0.717) is 46.9 Å². The quantitative estimate of drug-likeness (QED) is 0.463. The average Bonchev–Trinajstić information content (AvgIpc) is 3.58. The second-order valence-electron chi connectivity index (χ2n) is 9.64. The van der Waals surface area contributed by atoms with Gasteiger partial charge in [0.15, 0.2) is 5.58 Å². The van der Waals surface area contributed by atoms with Gasteiger partial charge in [-0.3, -0.25) is 9.78 Å². The summed E-state index contributed by atoms with van der Waals surface area (Å²) in [6.07, 6.45) is 6.62. The Kier molecular flexibility index (Phi) is 4.88. The first-order chi connectivity index (χ1) is 16.4. The van der Waals surface area contributed by atoms with Gasteiger partial charge in [-0.25, -0.2) is 14.4 Å². The molecule has 1 saturated heterocycles. The van der Waals surface area contributed by atoms with E-state index in [2.05, 4.69) is 15.3 Å². The molecule has 1 N–H and O–H groups in total. The van der Waals surface area contributed by atoms with Crippen molar-refractivity contribution in [3.8, 4) is 11.5 Å². The Morgan fingerprint density at radius 3 is 2.85 bits per heavy atom. The number of nitrogens with one attached hydrogen (secondary N) is 1. The molecule has 4 aromatic rings. The van der Waals surface area contributed by atoms with Gasteiger partial charge < -0.3 is 14.6 Å². The third-order valence-corrected chi connectivity index (χ3v) is 6.94. The van der Waals surface area contributed by atoms with Gasteiger partial charge in [0, 0.05) is 41.3 Å². The number of amides is 1. The van der Waals surface area contributed by atoms with Crippen LogP contribution in [0.1, 0.15) is 36.9 Å². The minimum atomic E-state index is -1.39. The summed E-state index contributed by atoms with van der Waals surface area (Å²) in [5, 5.41) is 4.61. The van der Waals surface area contributed by atoms with Crippen LogP contribution in [0.3, 0.4) is 0 Å². The topological polar surface area (TPSA) is 84.2 Å². The number of fused-ring (bicyclic) bond motifs is 2. The number of alkyl halides is 1. The largest absolute Gasteiger partial charge is 0.436 e. The van der Waals surface area contributed by atoms with Crippen LogP contribution in [0, 0.1) is 12.8 Å². The van der Waals surface area contributed by atoms with Crippen LogP contribution in [-0.2, 0) is 10.5 Å². The van der Waals surface area contributed by atoms with Gasteiger partial charge in [-0.1, -0.05) is 6.07 Å². The molecule has 4 heterocycles. The van der Waals surface area contributed by atoms with E-state index in [1.165, 1.54) is 0 Å². The van der Waals surface area contributed by atoms with Crippen molar-refractivity contribution < 1.29 is 13.6 Å². The Labute approximate surface area is 196 Å². The third-order valence-electron chi connectivity index (χ3n) is 6.94. The zero-order chi connectivity index (χ0) is 23.4. The normalized spacial score (nSPS) is 21.3. The van der Waals surface area contributed by atoms with Crippen molar-refractivity contribution in [3.63, 3.8) is 0 Å². The molecule has 3 aromatic heterocycles. The molecule has 8 heteroatoms. The van der Waals surface area contributed by atoms with E-state index in [9.17, 15) is 4.79 Å². The summed E-state index contributed by atoms with van der Waals surface area (Å²) in [6.45, 7) is 3.20. The lowest BCUT2D eigenvalue weighted by Crippen LogP contribution is -2.41. The number of hydrogen-bond acceptors (Lipinski definition) is 6. The first-order valence-electron chi connectivity index (χ1n) is 11.7. The van der Waals surface area contributed by atoms with Gasteiger partial charge in [-0.2, -0.15) is 0 Å². The number of hydrogen-bond donors (Lipinski definition) is 1. The zero-order valence-electron chi connectivity index (χ0n) is 19.3. The summed E-state index contributed by atoms with van der Waals surface area (Å²) in [5.41, 5.74) is 1.98. The summed E-state index contributed by atoms with van der Waals surface area (Å²) in [7, 11) is 1.95. The van der Waals surface area contributed by atoms with Crippen LogP contribution in [0.15, 0.2) is 41.1 Å². The molecule has 1 amide bonds. The molecule has 6 rings (SSSR count). The number of benzene rings is 1. The molecule has 1 aliphatic carbocycles. The number of anilines is 1. The van der Waals surface area contributed by atoms with E-state index in [0.717, 1.165) is 42.3 Å². The maximum absolute atomic E-state index is 15.7. The zero-order valence-corrected chi connectivity index (χ0v) is 19.3. The molecule has 1 saturated carbocycles. The predicted octanol–water partition coefficient (Wildman–Crippen LogP) is 4.99. The molecule has 174 valence electrons. The highest BCUT2D eigenvalue weighted by Crippen LogP contribution is 2.38. The van der Waals surface area contributed by atoms with Crippen LogP contribution in [0.25, 0.3) is 33.3 Å². The number of aryl methyl sites for hydroxylation is 1. The SMILES string of the molecule is Cc1ncc(-c2nc3cc([C@@]4(F)CCCN(C)C4)ccc3o2)c2cc(NC(=O)C3CC3)ncc12. The molecule has 1 atom stereocenters. The Morgan fingerprint density at radius 2 is 2.06 bits per heavy atom. The molecule has 7 nitrogen and oxygen atoms in total. The minimum Gasteiger partial charge on any atom is -0.436 e. The lowest BCUT2D eigenvalue weighted by molar-refractivity contribution is -0.117. The fourth-order valence-electron chi connectivity index (χ4n) is 4.85. The first-order valence-corrected chi connectivity index (χ1v) is 11.7. The van der Waals surface area contributed by atoms with Crippen molar-refractivity contribution >= 4 is 33.6 Å². The molecule has 34 heavy (non-hydrogen) atoms. The number of carbonyl (C=O) groups is 1. The van der Waals surface area contributed by atoms with Crippen molar-refractivity contribution in [2.75, 3.05) is 25.5 Å². The number of likely N-dealkylation sites (tertiary alicyclic amines) is 1. The van der Waals surface area contributed by atoms with E-state index in [4.69, 9.17) is 9.40 Å². The maximum atomic E-state index is 15.7. The smallest absolute Gasteiger partial charge is 0.229 e. The highest BCUT2D eigenvalue weighted by molar-refractivity contribution is 6.00. The Hall–Kier alpha value is -3.39. The molecule has 0 unspecified atom stereocenters. The molecule has 2 fully saturated rings. The Morgan fingerprint density at radius 1 is 1.21 bits per heavy atom. The molecule has 0 spiro atoms. The number of aromatic nitrogens is 3. The fourth-order valence-corrected chi connectivity index (χ4v) is 4.85. The molecule has 0 radical (unpaired) electrons. The van der Waals surface area contributed by atoms with E-state index >= 15 is 4.39 Å². The fraction of sp³-hybridized carbons (Fsp3) is 0.385. The number of oxazole rings is 1. The molecule has 1 aliphatic heterocycles. The molecule has 2 aliphatic rings. The van der Waals surface area contributed by atoms with E-state index in [-0.39, 0.29) is 11.8 Å². The number of rotatable bonds is 4. The highest BCUT2D eigenvalue weighted by atomic mass is 19.1. The van der Waals surface area contributed by atoms with Gasteiger partial charge in [0.2, 0.25) is 11.8 Å². The summed E-state index contributed by atoms with van der Waals surface area (Å²) < 4.78 is 21.8. The number of likely N-dealkylation sites (N-methyl/N-ethyl adjacent to an activating group) is 1. The van der Waals surface area contributed by atoms with Crippen molar-refractivity contribution in [3.05, 3.63) is 47.9 Å². The average molecular weight is 460 g/mol. The second-order valence-corrected chi connectivity index (χ2v) is 9.64. The van der Waals surface area contributed by atoms with Crippen molar-refractivity contribution in [1.29, 1.82) is 0 Å². The minimum absolute atomic E-state index is 0.00192. The number of carbonyl (C=O) groups excluding carboxylic acids is 1. The van der Waals surface area contributed by atoms with Crippen molar-refractivity contribution in [2.45, 2.75) is 38.3 Å².